The highest BCUT2D eigenvalue weighted by atomic mass is 35.5. The molecular formula is C28H26Cl2N2O3. The number of carbonyl (C=O) groups is 1. The molecule has 0 saturated heterocycles. The Bertz CT molecular complexity index is 1330. The number of rotatable bonds is 6. The zero-order valence-electron chi connectivity index (χ0n) is 19.6. The van der Waals surface area contributed by atoms with Crippen LogP contribution in [0.15, 0.2) is 65.9 Å². The molecule has 1 N–H and O–H groups in total. The Morgan fingerprint density at radius 1 is 1.17 bits per heavy atom. The number of fused-ring (bicyclic) bond motifs is 3. The van der Waals surface area contributed by atoms with E-state index in [0.717, 1.165) is 33.5 Å². The number of nitrogens with one attached hydrogen (secondary N) is 1. The molecule has 0 fully saturated rings. The van der Waals surface area contributed by atoms with E-state index in [-0.39, 0.29) is 6.04 Å². The lowest BCUT2D eigenvalue weighted by molar-refractivity contribution is 0.134. The number of H-pyrrole nitrogens is 1. The van der Waals surface area contributed by atoms with Crippen LogP contribution >= 0.6 is 23.2 Å². The SMILES string of the molecule is C#CCCO/C(C)=C/C=C(\C)[C@H]1c2[nH]c3ccc(Cl)cc3c2CCN1C(=O)Oc1ccc(Cl)cc1. The summed E-state index contributed by atoms with van der Waals surface area (Å²) in [5.41, 5.74) is 4.04. The number of carbonyl (C=O) groups excluding carboxylic acids is 1. The fourth-order valence-corrected chi connectivity index (χ4v) is 4.55. The number of hydrogen-bond donors (Lipinski definition) is 1. The molecule has 0 saturated carbocycles. The van der Waals surface area contributed by atoms with Crippen LogP contribution in [0, 0.1) is 12.3 Å². The highest BCUT2D eigenvalue weighted by molar-refractivity contribution is 6.31. The third kappa shape index (κ3) is 5.67. The normalized spacial score (nSPS) is 16.1. The van der Waals surface area contributed by atoms with Gasteiger partial charge in [0.2, 0.25) is 0 Å². The number of aromatic nitrogens is 1. The van der Waals surface area contributed by atoms with E-state index in [4.69, 9.17) is 39.1 Å². The maximum atomic E-state index is 13.3. The molecule has 2 heterocycles. The van der Waals surface area contributed by atoms with E-state index >= 15 is 0 Å². The first-order chi connectivity index (χ1) is 16.9. The molecule has 0 bridgehead atoms. The summed E-state index contributed by atoms with van der Waals surface area (Å²) in [6.45, 7) is 4.83. The van der Waals surface area contributed by atoms with Gasteiger partial charge in [0.05, 0.1) is 18.4 Å². The van der Waals surface area contributed by atoms with Gasteiger partial charge in [-0.05, 0) is 79.9 Å². The third-order valence-corrected chi connectivity index (χ3v) is 6.42. The Hall–Kier alpha value is -3.33. The van der Waals surface area contributed by atoms with Crippen LogP contribution in [0.5, 0.6) is 5.75 Å². The minimum absolute atomic E-state index is 0.348. The molecule has 1 aliphatic heterocycles. The van der Waals surface area contributed by atoms with Crippen LogP contribution in [0.1, 0.15) is 37.6 Å². The van der Waals surface area contributed by atoms with Gasteiger partial charge in [-0.1, -0.05) is 29.3 Å². The summed E-state index contributed by atoms with van der Waals surface area (Å²) in [7, 11) is 0. The standard InChI is InChI=1S/C28H26Cl2N2O3/c1-4-5-16-34-19(3)7-6-18(2)27-26-23(24-17-21(30)10-13-25(24)31-26)14-15-32(27)28(33)35-22-11-8-20(29)9-12-22/h1,6-13,17,27,31H,5,14-16H2,2-3H3/b18-6+,19-7+/t27-/m0/s1. The number of hydrogen-bond acceptors (Lipinski definition) is 3. The van der Waals surface area contributed by atoms with Gasteiger partial charge in [-0.25, -0.2) is 4.79 Å². The lowest BCUT2D eigenvalue weighted by atomic mass is 9.93. The van der Waals surface area contributed by atoms with E-state index in [1.165, 1.54) is 0 Å². The molecular weight excluding hydrogens is 483 g/mol. The average Bonchev–Trinajstić information content (AvgIpc) is 3.21. The zero-order valence-corrected chi connectivity index (χ0v) is 21.1. The van der Waals surface area contributed by atoms with Gasteiger partial charge in [0.1, 0.15) is 5.75 Å². The van der Waals surface area contributed by atoms with E-state index in [1.807, 2.05) is 44.2 Å². The monoisotopic (exact) mass is 508 g/mol. The Labute approximate surface area is 215 Å². The maximum Gasteiger partial charge on any atom is 0.416 e. The van der Waals surface area contributed by atoms with Gasteiger partial charge in [-0.15, -0.1) is 12.3 Å². The molecule has 1 aromatic heterocycles. The van der Waals surface area contributed by atoms with E-state index in [2.05, 4.69) is 10.9 Å². The third-order valence-electron chi connectivity index (χ3n) is 5.93. The van der Waals surface area contributed by atoms with Crippen molar-refractivity contribution in [1.82, 2.24) is 9.88 Å². The zero-order chi connectivity index (χ0) is 24.9. The first-order valence-electron chi connectivity index (χ1n) is 11.3. The fraction of sp³-hybridized carbons (Fsp3) is 0.250. The van der Waals surface area contributed by atoms with Crippen LogP contribution < -0.4 is 4.74 Å². The van der Waals surface area contributed by atoms with Gasteiger partial charge in [-0.2, -0.15) is 0 Å². The molecule has 0 spiro atoms. The number of amides is 1. The maximum absolute atomic E-state index is 13.3. The summed E-state index contributed by atoms with van der Waals surface area (Å²) in [5.74, 6) is 3.74. The average molecular weight is 509 g/mol. The van der Waals surface area contributed by atoms with Crippen LogP contribution in [-0.4, -0.2) is 29.1 Å². The second kappa shape index (κ2) is 10.9. The highest BCUT2D eigenvalue weighted by Crippen LogP contribution is 2.39. The number of benzene rings is 2. The van der Waals surface area contributed by atoms with Gasteiger partial charge in [0.15, 0.2) is 0 Å². The molecule has 7 heteroatoms. The first kappa shape index (κ1) is 24.8. The predicted octanol–water partition coefficient (Wildman–Crippen LogP) is 7.46. The smallest absolute Gasteiger partial charge is 0.416 e. The molecule has 1 atom stereocenters. The van der Waals surface area contributed by atoms with E-state index in [0.29, 0.717) is 41.8 Å². The number of aromatic amines is 1. The minimum Gasteiger partial charge on any atom is -0.497 e. The topological polar surface area (TPSA) is 54.6 Å². The number of halogens is 2. The van der Waals surface area contributed by atoms with Gasteiger partial charge >= 0.3 is 6.09 Å². The lowest BCUT2D eigenvalue weighted by Gasteiger charge is -2.35. The van der Waals surface area contributed by atoms with Crippen molar-refractivity contribution >= 4 is 40.2 Å². The van der Waals surface area contributed by atoms with E-state index in [9.17, 15) is 4.79 Å². The van der Waals surface area contributed by atoms with Crippen LogP contribution in [0.2, 0.25) is 10.0 Å². The second-order valence-electron chi connectivity index (χ2n) is 8.37. The molecule has 0 radical (unpaired) electrons. The Balaban J connectivity index is 1.69. The summed E-state index contributed by atoms with van der Waals surface area (Å²) >= 11 is 12.3. The van der Waals surface area contributed by atoms with Crippen molar-refractivity contribution in [2.45, 2.75) is 32.7 Å². The van der Waals surface area contributed by atoms with Gasteiger partial charge in [0, 0.05) is 39.6 Å². The predicted molar refractivity (Wildman–Crippen MR) is 141 cm³/mol. The summed E-state index contributed by atoms with van der Waals surface area (Å²) in [6.07, 6.45) is 9.94. The van der Waals surface area contributed by atoms with Crippen molar-refractivity contribution in [2.75, 3.05) is 13.2 Å². The van der Waals surface area contributed by atoms with E-state index in [1.54, 1.807) is 29.2 Å². The van der Waals surface area contributed by atoms with Gasteiger partial charge in [0.25, 0.3) is 0 Å². The van der Waals surface area contributed by atoms with Crippen LogP contribution in [-0.2, 0) is 11.2 Å². The van der Waals surface area contributed by atoms with Crippen molar-refractivity contribution in [2.24, 2.45) is 0 Å². The molecule has 1 amide bonds. The Morgan fingerprint density at radius 3 is 2.66 bits per heavy atom. The largest absolute Gasteiger partial charge is 0.497 e. The first-order valence-corrected chi connectivity index (χ1v) is 12.1. The molecule has 2 aromatic carbocycles. The molecule has 5 nitrogen and oxygen atoms in total. The molecule has 3 aromatic rings. The second-order valence-corrected chi connectivity index (χ2v) is 9.24. The summed E-state index contributed by atoms with van der Waals surface area (Å²) < 4.78 is 11.3. The van der Waals surface area contributed by atoms with Crippen LogP contribution in [0.4, 0.5) is 4.79 Å². The number of nitrogens with zero attached hydrogens (tertiary/aromatic N) is 1. The molecule has 4 rings (SSSR count). The Kier molecular flexibility index (Phi) is 7.75. The summed E-state index contributed by atoms with van der Waals surface area (Å²) in [6, 6.07) is 12.2. The molecule has 180 valence electrons. The molecule has 35 heavy (non-hydrogen) atoms. The summed E-state index contributed by atoms with van der Waals surface area (Å²) in [5, 5.41) is 2.32. The number of ether oxygens (including phenoxy) is 2. The van der Waals surface area contributed by atoms with Gasteiger partial charge in [-0.3, -0.25) is 4.90 Å². The number of terminal acetylenes is 1. The lowest BCUT2D eigenvalue weighted by Crippen LogP contribution is -2.42. The molecule has 1 aliphatic rings. The van der Waals surface area contributed by atoms with E-state index < -0.39 is 6.09 Å². The minimum atomic E-state index is -0.432. The van der Waals surface area contributed by atoms with Gasteiger partial charge < -0.3 is 14.5 Å². The van der Waals surface area contributed by atoms with Crippen molar-refractivity contribution in [1.29, 1.82) is 0 Å². The quantitative estimate of drug-likeness (QED) is 0.162. The van der Waals surface area contributed by atoms with Crippen LogP contribution in [0.3, 0.4) is 0 Å². The van der Waals surface area contributed by atoms with Crippen molar-refractivity contribution in [3.8, 4) is 18.1 Å². The summed E-state index contributed by atoms with van der Waals surface area (Å²) in [4.78, 5) is 18.6. The fourth-order valence-electron chi connectivity index (χ4n) is 4.25. The molecule has 0 unspecified atom stereocenters. The van der Waals surface area contributed by atoms with Crippen molar-refractivity contribution in [3.05, 3.63) is 87.3 Å². The van der Waals surface area contributed by atoms with Crippen LogP contribution in [0.25, 0.3) is 10.9 Å². The highest BCUT2D eigenvalue weighted by Gasteiger charge is 2.35. The van der Waals surface area contributed by atoms with Crippen molar-refractivity contribution < 1.29 is 14.3 Å². The number of allylic oxidation sites excluding steroid dienone is 3. The Morgan fingerprint density at radius 2 is 1.91 bits per heavy atom. The molecule has 0 aliphatic carbocycles. The van der Waals surface area contributed by atoms with Crippen molar-refractivity contribution in [3.63, 3.8) is 0 Å².